The van der Waals surface area contributed by atoms with Gasteiger partial charge >= 0.3 is 0 Å². The van der Waals surface area contributed by atoms with Gasteiger partial charge in [0.05, 0.1) is 12.3 Å². The Hall–Kier alpha value is -3.84. The van der Waals surface area contributed by atoms with Crippen LogP contribution in [0.3, 0.4) is 0 Å². The summed E-state index contributed by atoms with van der Waals surface area (Å²) in [5.74, 6) is -2.28. The van der Waals surface area contributed by atoms with Gasteiger partial charge in [0, 0.05) is 51.3 Å². The summed E-state index contributed by atoms with van der Waals surface area (Å²) in [4.78, 5) is 45.2. The van der Waals surface area contributed by atoms with Crippen LogP contribution in [0.5, 0.6) is 0 Å². The fourth-order valence-corrected chi connectivity index (χ4v) is 4.96. The highest BCUT2D eigenvalue weighted by atomic mass is 19.1. The van der Waals surface area contributed by atoms with Crippen molar-refractivity contribution in [3.8, 4) is 0 Å². The van der Waals surface area contributed by atoms with Gasteiger partial charge in [0.25, 0.3) is 5.91 Å². The number of nitrogens with one attached hydrogen (secondary N) is 1. The third kappa shape index (κ3) is 4.35. The zero-order chi connectivity index (χ0) is 24.7. The van der Waals surface area contributed by atoms with Gasteiger partial charge in [-0.15, -0.1) is 0 Å². The van der Waals surface area contributed by atoms with Gasteiger partial charge in [0.2, 0.25) is 17.5 Å². The fraction of sp³-hybridized carbons (Fsp3) is 0.360. The quantitative estimate of drug-likeness (QED) is 0.539. The van der Waals surface area contributed by atoms with E-state index in [1.807, 2.05) is 4.90 Å². The molecule has 1 unspecified atom stereocenters. The SMILES string of the molecule is [C-]#[N+]c1ccc(CN2CCN(c3cc4c(cc3F)C(=O)N(C3CCC(=O)NC3=O)C4)CC2)cc1F. The van der Waals surface area contributed by atoms with Crippen LogP contribution in [0.2, 0.25) is 0 Å². The Kier molecular flexibility index (Phi) is 5.94. The Labute approximate surface area is 200 Å². The molecule has 0 aromatic heterocycles. The summed E-state index contributed by atoms with van der Waals surface area (Å²) < 4.78 is 29.0. The molecule has 0 bridgehead atoms. The summed E-state index contributed by atoms with van der Waals surface area (Å²) in [6, 6.07) is 6.79. The maximum Gasteiger partial charge on any atom is 0.255 e. The Morgan fingerprint density at radius 2 is 1.80 bits per heavy atom. The molecule has 1 N–H and O–H groups in total. The third-order valence-corrected chi connectivity index (χ3v) is 6.84. The van der Waals surface area contributed by atoms with Crippen LogP contribution < -0.4 is 10.2 Å². The molecule has 0 radical (unpaired) electrons. The van der Waals surface area contributed by atoms with Crippen molar-refractivity contribution in [1.29, 1.82) is 0 Å². The second kappa shape index (κ2) is 9.07. The number of rotatable bonds is 4. The Balaban J connectivity index is 1.25. The number of benzene rings is 2. The Morgan fingerprint density at radius 1 is 1.03 bits per heavy atom. The van der Waals surface area contributed by atoms with Crippen molar-refractivity contribution in [3.63, 3.8) is 0 Å². The van der Waals surface area contributed by atoms with Crippen molar-refractivity contribution in [2.45, 2.75) is 32.0 Å². The van der Waals surface area contributed by atoms with E-state index in [1.54, 1.807) is 12.1 Å². The lowest BCUT2D eigenvalue weighted by atomic mass is 10.0. The van der Waals surface area contributed by atoms with Crippen LogP contribution in [0.1, 0.15) is 34.3 Å². The minimum Gasteiger partial charge on any atom is -0.367 e. The van der Waals surface area contributed by atoms with Gasteiger partial charge in [-0.25, -0.2) is 13.6 Å². The average Bonchev–Trinajstić information content (AvgIpc) is 3.14. The summed E-state index contributed by atoms with van der Waals surface area (Å²) in [5, 5.41) is 2.27. The highest BCUT2D eigenvalue weighted by Crippen LogP contribution is 2.33. The predicted octanol–water partition coefficient (Wildman–Crippen LogP) is 2.60. The standard InChI is InChI=1S/C25H23F2N5O3/c1-28-20-3-2-15(10-18(20)26)13-30-6-8-31(9-7-30)22-11-16-14-32(25(35)17(16)12-19(22)27)21-4-5-23(33)29-24(21)34/h2-3,10-12,21H,4-9,13-14H2,(H,29,33,34). The molecule has 8 nitrogen and oxygen atoms in total. The summed E-state index contributed by atoms with van der Waals surface area (Å²) >= 11 is 0. The first kappa shape index (κ1) is 22.9. The number of piperidine rings is 1. The van der Waals surface area contributed by atoms with Crippen molar-refractivity contribution >= 4 is 29.1 Å². The van der Waals surface area contributed by atoms with Gasteiger partial charge in [-0.05, 0) is 35.7 Å². The number of carbonyl (C=O) groups is 3. The van der Waals surface area contributed by atoms with Gasteiger partial charge in [-0.2, -0.15) is 0 Å². The maximum absolute atomic E-state index is 15.0. The van der Waals surface area contributed by atoms with E-state index < -0.39 is 29.5 Å². The Morgan fingerprint density at radius 3 is 2.49 bits per heavy atom. The molecule has 2 saturated heterocycles. The molecule has 180 valence electrons. The highest BCUT2D eigenvalue weighted by Gasteiger charge is 2.40. The van der Waals surface area contributed by atoms with Crippen molar-refractivity contribution < 1.29 is 23.2 Å². The summed E-state index contributed by atoms with van der Waals surface area (Å²) in [7, 11) is 0. The molecule has 2 aromatic rings. The molecule has 5 rings (SSSR count). The van der Waals surface area contributed by atoms with E-state index in [4.69, 9.17) is 6.57 Å². The van der Waals surface area contributed by atoms with E-state index in [-0.39, 0.29) is 36.5 Å². The van der Waals surface area contributed by atoms with E-state index in [1.165, 1.54) is 23.1 Å². The van der Waals surface area contributed by atoms with E-state index >= 15 is 4.39 Å². The van der Waals surface area contributed by atoms with Gasteiger partial charge in [-0.1, -0.05) is 12.1 Å². The molecule has 3 aliphatic rings. The number of carbonyl (C=O) groups excluding carboxylic acids is 3. The van der Waals surface area contributed by atoms with Crippen molar-refractivity contribution in [3.05, 3.63) is 70.1 Å². The topological polar surface area (TPSA) is 77.3 Å². The molecule has 0 saturated carbocycles. The van der Waals surface area contributed by atoms with E-state index in [0.29, 0.717) is 44.0 Å². The predicted molar refractivity (Wildman–Crippen MR) is 123 cm³/mol. The van der Waals surface area contributed by atoms with Crippen LogP contribution in [-0.4, -0.2) is 59.7 Å². The largest absolute Gasteiger partial charge is 0.367 e. The number of anilines is 1. The Bertz CT molecular complexity index is 1270. The number of piperazine rings is 1. The molecular weight excluding hydrogens is 456 g/mol. The molecule has 3 heterocycles. The number of imide groups is 1. The monoisotopic (exact) mass is 479 g/mol. The lowest BCUT2D eigenvalue weighted by Gasteiger charge is -2.36. The third-order valence-electron chi connectivity index (χ3n) is 6.84. The molecule has 3 aliphatic heterocycles. The highest BCUT2D eigenvalue weighted by molar-refractivity contribution is 6.05. The van der Waals surface area contributed by atoms with E-state index in [2.05, 4.69) is 15.1 Å². The first-order chi connectivity index (χ1) is 16.8. The van der Waals surface area contributed by atoms with Crippen molar-refractivity contribution in [2.24, 2.45) is 0 Å². The van der Waals surface area contributed by atoms with Crippen LogP contribution >= 0.6 is 0 Å². The number of fused-ring (bicyclic) bond motifs is 1. The summed E-state index contributed by atoms with van der Waals surface area (Å²) in [6.07, 6.45) is 0.420. The van der Waals surface area contributed by atoms with Gasteiger partial charge in [0.1, 0.15) is 17.7 Å². The first-order valence-electron chi connectivity index (χ1n) is 11.4. The van der Waals surface area contributed by atoms with Crippen LogP contribution in [0.15, 0.2) is 30.3 Å². The molecular formula is C25H23F2N5O3. The van der Waals surface area contributed by atoms with E-state index in [9.17, 15) is 18.8 Å². The number of amides is 3. The molecule has 0 spiro atoms. The summed E-state index contributed by atoms with van der Waals surface area (Å²) in [5.41, 5.74) is 2.10. The summed E-state index contributed by atoms with van der Waals surface area (Å²) in [6.45, 7) is 10.1. The van der Waals surface area contributed by atoms with Crippen molar-refractivity contribution in [2.75, 3.05) is 31.1 Å². The van der Waals surface area contributed by atoms with Gasteiger partial charge in [-0.3, -0.25) is 24.6 Å². The molecule has 3 amide bonds. The van der Waals surface area contributed by atoms with Crippen LogP contribution in [0, 0.1) is 18.2 Å². The van der Waals surface area contributed by atoms with Crippen LogP contribution in [0.4, 0.5) is 20.2 Å². The molecule has 2 fully saturated rings. The second-order valence-corrected chi connectivity index (χ2v) is 9.02. The smallest absolute Gasteiger partial charge is 0.255 e. The first-order valence-corrected chi connectivity index (χ1v) is 11.4. The number of halogens is 2. The second-order valence-electron chi connectivity index (χ2n) is 9.02. The van der Waals surface area contributed by atoms with Crippen molar-refractivity contribution in [1.82, 2.24) is 15.1 Å². The van der Waals surface area contributed by atoms with Gasteiger partial charge < -0.3 is 9.80 Å². The molecule has 10 heteroatoms. The lowest BCUT2D eigenvalue weighted by molar-refractivity contribution is -0.136. The number of nitrogens with zero attached hydrogens (tertiary/aromatic N) is 4. The van der Waals surface area contributed by atoms with Gasteiger partial charge in [0.15, 0.2) is 0 Å². The average molecular weight is 479 g/mol. The fourth-order valence-electron chi connectivity index (χ4n) is 4.96. The zero-order valence-corrected chi connectivity index (χ0v) is 18.9. The zero-order valence-electron chi connectivity index (χ0n) is 18.9. The van der Waals surface area contributed by atoms with E-state index in [0.717, 1.165) is 5.56 Å². The number of hydrogen-bond acceptors (Lipinski definition) is 5. The molecule has 2 aromatic carbocycles. The lowest BCUT2D eigenvalue weighted by Crippen LogP contribution is -2.52. The molecule has 0 aliphatic carbocycles. The normalized spacial score (nSPS) is 20.6. The maximum atomic E-state index is 15.0. The number of hydrogen-bond donors (Lipinski definition) is 1. The molecule has 35 heavy (non-hydrogen) atoms. The minimum absolute atomic E-state index is 0.000283. The minimum atomic E-state index is -0.739. The van der Waals surface area contributed by atoms with Crippen LogP contribution in [-0.2, 0) is 22.7 Å². The van der Waals surface area contributed by atoms with Crippen LogP contribution in [0.25, 0.3) is 4.85 Å². The molecule has 1 atom stereocenters.